The fourth-order valence-electron chi connectivity index (χ4n) is 1.34. The summed E-state index contributed by atoms with van der Waals surface area (Å²) in [5.41, 5.74) is 0.393. The quantitative estimate of drug-likeness (QED) is 0.324. The second kappa shape index (κ2) is 4.74. The van der Waals surface area contributed by atoms with Crippen LogP contribution in [-0.2, 0) is 21.4 Å². The Labute approximate surface area is 93.0 Å². The first-order valence-electron chi connectivity index (χ1n) is 4.76. The van der Waals surface area contributed by atoms with Crippen LogP contribution in [0.1, 0.15) is 17.4 Å². The van der Waals surface area contributed by atoms with Crippen LogP contribution in [0.4, 0.5) is 0 Å². The molecule has 0 amide bonds. The minimum Gasteiger partial charge on any atom is -0.463 e. The third-order valence-electron chi connectivity index (χ3n) is 2.37. The van der Waals surface area contributed by atoms with Crippen LogP contribution in [-0.4, -0.2) is 29.2 Å². The predicted octanol–water partition coefficient (Wildman–Crippen LogP) is 0.586. The summed E-state index contributed by atoms with van der Waals surface area (Å²) in [6.07, 6.45) is 1.70. The molecule has 0 saturated heterocycles. The molecule has 5 heteroatoms. The number of rotatable bonds is 4. The number of hydrogen-bond donors (Lipinski definition) is 0. The molecule has 1 aromatic rings. The average molecular weight is 223 g/mol. The second-order valence-electron chi connectivity index (χ2n) is 3.45. The van der Waals surface area contributed by atoms with E-state index in [1.54, 1.807) is 29.9 Å². The molecule has 16 heavy (non-hydrogen) atoms. The molecule has 0 unspecified atom stereocenters. The number of Topliss-reactive ketones (excluding diaryl/α,β-unsaturated/α-hetero) is 2. The number of nitrogens with zero attached hydrogens (tertiary/aromatic N) is 1. The Morgan fingerprint density at radius 3 is 2.44 bits per heavy atom. The lowest BCUT2D eigenvalue weighted by Gasteiger charge is -2.08. The standard InChI is InChI=1S/C11H13NO4/c1-7(10(14)11(15)16-3)9(13)8-5-4-6-12(8)2/h4-7H,1-3H3/t7-/m1/s1. The van der Waals surface area contributed by atoms with Gasteiger partial charge in [0.2, 0.25) is 0 Å². The smallest absolute Gasteiger partial charge is 0.375 e. The van der Waals surface area contributed by atoms with Crippen LogP contribution in [0.3, 0.4) is 0 Å². The van der Waals surface area contributed by atoms with Crippen LogP contribution in [0, 0.1) is 5.92 Å². The van der Waals surface area contributed by atoms with Gasteiger partial charge in [-0.25, -0.2) is 4.79 Å². The minimum atomic E-state index is -1.01. The van der Waals surface area contributed by atoms with Crippen molar-refractivity contribution in [2.45, 2.75) is 6.92 Å². The molecule has 5 nitrogen and oxygen atoms in total. The maximum absolute atomic E-state index is 11.8. The summed E-state index contributed by atoms with van der Waals surface area (Å²) in [6, 6.07) is 3.30. The van der Waals surface area contributed by atoms with E-state index in [-0.39, 0.29) is 5.78 Å². The highest BCUT2D eigenvalue weighted by atomic mass is 16.5. The first-order chi connectivity index (χ1) is 7.49. The molecule has 1 rings (SSSR count). The highest BCUT2D eigenvalue weighted by Crippen LogP contribution is 2.10. The van der Waals surface area contributed by atoms with Crippen molar-refractivity contribution in [2.24, 2.45) is 13.0 Å². The van der Waals surface area contributed by atoms with Gasteiger partial charge >= 0.3 is 5.97 Å². The van der Waals surface area contributed by atoms with Crippen molar-refractivity contribution in [3.05, 3.63) is 24.0 Å². The van der Waals surface area contributed by atoms with Gasteiger partial charge < -0.3 is 9.30 Å². The number of ketones is 2. The van der Waals surface area contributed by atoms with E-state index in [1.807, 2.05) is 0 Å². The van der Waals surface area contributed by atoms with Crippen LogP contribution in [0.5, 0.6) is 0 Å². The number of ether oxygens (including phenoxy) is 1. The van der Waals surface area contributed by atoms with Crippen LogP contribution in [0.25, 0.3) is 0 Å². The summed E-state index contributed by atoms with van der Waals surface area (Å²) in [6.45, 7) is 1.40. The zero-order chi connectivity index (χ0) is 12.3. The molecule has 0 aliphatic heterocycles. The van der Waals surface area contributed by atoms with E-state index < -0.39 is 17.7 Å². The third kappa shape index (κ3) is 2.18. The Morgan fingerprint density at radius 2 is 2.00 bits per heavy atom. The van der Waals surface area contributed by atoms with Gasteiger partial charge in [-0.15, -0.1) is 0 Å². The van der Waals surface area contributed by atoms with Crippen molar-refractivity contribution in [1.82, 2.24) is 4.57 Å². The summed E-state index contributed by atoms with van der Waals surface area (Å²) in [5, 5.41) is 0. The van der Waals surface area contributed by atoms with Gasteiger partial charge in [-0.3, -0.25) is 9.59 Å². The largest absolute Gasteiger partial charge is 0.463 e. The predicted molar refractivity (Wildman–Crippen MR) is 55.9 cm³/mol. The molecule has 0 bridgehead atoms. The molecular weight excluding hydrogens is 210 g/mol. The molecule has 0 fully saturated rings. The Bertz CT molecular complexity index is 433. The Morgan fingerprint density at radius 1 is 1.38 bits per heavy atom. The molecule has 0 aliphatic rings. The van der Waals surface area contributed by atoms with E-state index in [0.29, 0.717) is 5.69 Å². The van der Waals surface area contributed by atoms with Gasteiger partial charge in [0.05, 0.1) is 18.7 Å². The normalized spacial score (nSPS) is 11.9. The first kappa shape index (κ1) is 12.2. The lowest BCUT2D eigenvalue weighted by atomic mass is 9.99. The topological polar surface area (TPSA) is 65.4 Å². The first-order valence-corrected chi connectivity index (χ1v) is 4.76. The van der Waals surface area contributed by atoms with Crippen molar-refractivity contribution in [2.75, 3.05) is 7.11 Å². The molecule has 0 aromatic carbocycles. The van der Waals surface area contributed by atoms with E-state index >= 15 is 0 Å². The maximum atomic E-state index is 11.8. The van der Waals surface area contributed by atoms with Gasteiger partial charge in [0.25, 0.3) is 5.78 Å². The SMILES string of the molecule is COC(=O)C(=O)[C@H](C)C(=O)c1cccn1C. The number of hydrogen-bond acceptors (Lipinski definition) is 4. The Hall–Kier alpha value is -1.91. The molecule has 0 saturated carbocycles. The highest BCUT2D eigenvalue weighted by molar-refractivity contribution is 6.39. The fourth-order valence-corrected chi connectivity index (χ4v) is 1.34. The summed E-state index contributed by atoms with van der Waals surface area (Å²) >= 11 is 0. The third-order valence-corrected chi connectivity index (χ3v) is 2.37. The molecule has 1 aromatic heterocycles. The summed E-state index contributed by atoms with van der Waals surface area (Å²) in [4.78, 5) is 34.2. The van der Waals surface area contributed by atoms with Gasteiger partial charge in [-0.1, -0.05) is 0 Å². The molecule has 1 atom stereocenters. The fraction of sp³-hybridized carbons (Fsp3) is 0.364. The minimum absolute atomic E-state index is 0.386. The zero-order valence-corrected chi connectivity index (χ0v) is 9.39. The average Bonchev–Trinajstić information content (AvgIpc) is 2.71. The van der Waals surface area contributed by atoms with E-state index in [4.69, 9.17) is 0 Å². The maximum Gasteiger partial charge on any atom is 0.375 e. The lowest BCUT2D eigenvalue weighted by Crippen LogP contribution is -2.29. The zero-order valence-electron chi connectivity index (χ0n) is 9.39. The van der Waals surface area contributed by atoms with Gasteiger partial charge in [0.15, 0.2) is 5.78 Å². The van der Waals surface area contributed by atoms with Crippen LogP contribution in [0.15, 0.2) is 18.3 Å². The second-order valence-corrected chi connectivity index (χ2v) is 3.45. The Kier molecular flexibility index (Phi) is 3.60. The van der Waals surface area contributed by atoms with Gasteiger partial charge in [0, 0.05) is 13.2 Å². The van der Waals surface area contributed by atoms with Gasteiger partial charge in [-0.05, 0) is 19.1 Å². The van der Waals surface area contributed by atoms with Crippen molar-refractivity contribution in [3.63, 3.8) is 0 Å². The van der Waals surface area contributed by atoms with Crippen LogP contribution < -0.4 is 0 Å². The van der Waals surface area contributed by atoms with Crippen LogP contribution in [0.2, 0.25) is 0 Å². The molecular formula is C11H13NO4. The molecule has 1 heterocycles. The van der Waals surface area contributed by atoms with E-state index in [2.05, 4.69) is 4.74 Å². The van der Waals surface area contributed by atoms with Crippen molar-refractivity contribution in [1.29, 1.82) is 0 Å². The number of aromatic nitrogens is 1. The highest BCUT2D eigenvalue weighted by Gasteiger charge is 2.29. The summed E-state index contributed by atoms with van der Waals surface area (Å²) in [7, 11) is 2.81. The number of carbonyl (C=O) groups is 3. The van der Waals surface area contributed by atoms with E-state index in [1.165, 1.54) is 6.92 Å². The van der Waals surface area contributed by atoms with E-state index in [0.717, 1.165) is 7.11 Å². The van der Waals surface area contributed by atoms with Crippen molar-refractivity contribution in [3.8, 4) is 0 Å². The lowest BCUT2D eigenvalue weighted by molar-refractivity contribution is -0.152. The van der Waals surface area contributed by atoms with Crippen molar-refractivity contribution >= 4 is 17.5 Å². The monoisotopic (exact) mass is 223 g/mol. The Balaban J connectivity index is 2.87. The number of esters is 1. The molecule has 0 radical (unpaired) electrons. The summed E-state index contributed by atoms with van der Waals surface area (Å²) < 4.78 is 5.88. The van der Waals surface area contributed by atoms with Gasteiger partial charge in [-0.2, -0.15) is 0 Å². The molecule has 0 N–H and O–H groups in total. The van der Waals surface area contributed by atoms with Crippen molar-refractivity contribution < 1.29 is 19.1 Å². The number of methoxy groups -OCH3 is 1. The van der Waals surface area contributed by atoms with E-state index in [9.17, 15) is 14.4 Å². The molecule has 0 aliphatic carbocycles. The molecule has 0 spiro atoms. The summed E-state index contributed by atoms with van der Waals surface area (Å²) in [5.74, 6) is -3.22. The number of aryl methyl sites for hydroxylation is 1. The molecule has 86 valence electrons. The van der Waals surface area contributed by atoms with Gasteiger partial charge in [0.1, 0.15) is 0 Å². The number of carbonyl (C=O) groups excluding carboxylic acids is 3. The van der Waals surface area contributed by atoms with Crippen LogP contribution >= 0.6 is 0 Å².